The normalized spacial score (nSPS) is 10.1. The zero-order chi connectivity index (χ0) is 13.1. The summed E-state index contributed by atoms with van der Waals surface area (Å²) in [5.74, 6) is -1.31. The van der Waals surface area contributed by atoms with Crippen LogP contribution in [0.5, 0.6) is 11.5 Å². The van der Waals surface area contributed by atoms with Crippen LogP contribution in [0.2, 0.25) is 5.02 Å². The first-order chi connectivity index (χ1) is 8.58. The molecular formula is C13H8ClFO3. The van der Waals surface area contributed by atoms with Crippen LogP contribution in [0.25, 0.3) is 0 Å². The Bertz CT molecular complexity index is 599. The summed E-state index contributed by atoms with van der Waals surface area (Å²) in [6.07, 6.45) is 0. The molecule has 1 N–H and O–H groups in total. The summed E-state index contributed by atoms with van der Waals surface area (Å²) < 4.78 is 18.6. The average molecular weight is 267 g/mol. The van der Waals surface area contributed by atoms with Gasteiger partial charge in [-0.15, -0.1) is 0 Å². The van der Waals surface area contributed by atoms with Crippen molar-refractivity contribution in [1.82, 2.24) is 0 Å². The van der Waals surface area contributed by atoms with Crippen LogP contribution >= 0.6 is 11.6 Å². The van der Waals surface area contributed by atoms with E-state index in [2.05, 4.69) is 0 Å². The molecule has 92 valence electrons. The number of benzene rings is 2. The van der Waals surface area contributed by atoms with Crippen LogP contribution in [0, 0.1) is 5.82 Å². The topological polar surface area (TPSA) is 46.5 Å². The van der Waals surface area contributed by atoms with Crippen molar-refractivity contribution in [1.29, 1.82) is 0 Å². The number of hydrogen-bond acceptors (Lipinski definition) is 2. The summed E-state index contributed by atoms with van der Waals surface area (Å²) in [5.41, 5.74) is -0.0300. The molecule has 5 heteroatoms. The molecule has 0 aliphatic rings. The number of carboxylic acid groups (broad SMARTS) is 1. The summed E-state index contributed by atoms with van der Waals surface area (Å²) in [4.78, 5) is 10.8. The van der Waals surface area contributed by atoms with Crippen molar-refractivity contribution >= 4 is 17.6 Å². The Labute approximate surface area is 107 Å². The average Bonchev–Trinajstić information content (AvgIpc) is 2.32. The third-order valence-electron chi connectivity index (χ3n) is 2.24. The largest absolute Gasteiger partial charge is 0.478 e. The predicted molar refractivity (Wildman–Crippen MR) is 64.9 cm³/mol. The third-order valence-corrected chi connectivity index (χ3v) is 2.55. The second-order valence-electron chi connectivity index (χ2n) is 3.48. The molecule has 0 aromatic heterocycles. The molecule has 0 atom stereocenters. The fourth-order valence-corrected chi connectivity index (χ4v) is 1.64. The summed E-state index contributed by atoms with van der Waals surface area (Å²) in [6, 6.07) is 9.96. The van der Waals surface area contributed by atoms with Gasteiger partial charge in [0.25, 0.3) is 0 Å². The molecule has 2 aromatic rings. The Balaban J connectivity index is 2.29. The number of hydrogen-bond donors (Lipinski definition) is 1. The van der Waals surface area contributed by atoms with Gasteiger partial charge in [-0.05, 0) is 24.3 Å². The zero-order valence-electron chi connectivity index (χ0n) is 9.06. The molecule has 0 saturated carbocycles. The van der Waals surface area contributed by atoms with Crippen molar-refractivity contribution in [2.75, 3.05) is 0 Å². The fourth-order valence-electron chi connectivity index (χ4n) is 1.39. The molecule has 0 saturated heterocycles. The molecule has 0 fully saturated rings. The summed E-state index contributed by atoms with van der Waals surface area (Å²) in [7, 11) is 0. The second-order valence-corrected chi connectivity index (χ2v) is 3.89. The Kier molecular flexibility index (Phi) is 3.48. The summed E-state index contributed by atoms with van der Waals surface area (Å²) >= 11 is 5.78. The van der Waals surface area contributed by atoms with Crippen LogP contribution in [0.1, 0.15) is 10.4 Å². The highest BCUT2D eigenvalue weighted by molar-refractivity contribution is 6.33. The molecular weight excluding hydrogens is 259 g/mol. The summed E-state index contributed by atoms with van der Waals surface area (Å²) in [5, 5.41) is 8.84. The maximum atomic E-state index is 13.3. The summed E-state index contributed by atoms with van der Waals surface area (Å²) in [6.45, 7) is 0. The van der Waals surface area contributed by atoms with E-state index >= 15 is 0 Å². The standard InChI is InChI=1S/C13H8ClFO3/c14-10-7-8(5-6-9(10)13(16)17)18-12-4-2-1-3-11(12)15/h1-7H,(H,16,17). The fraction of sp³-hybridized carbons (Fsp3) is 0. The Morgan fingerprint density at radius 3 is 2.56 bits per heavy atom. The van der Waals surface area contributed by atoms with Gasteiger partial charge < -0.3 is 9.84 Å². The first-order valence-electron chi connectivity index (χ1n) is 5.03. The lowest BCUT2D eigenvalue weighted by Crippen LogP contribution is -1.97. The molecule has 0 spiro atoms. The SMILES string of the molecule is O=C(O)c1ccc(Oc2ccccc2F)cc1Cl. The van der Waals surface area contributed by atoms with E-state index in [9.17, 15) is 9.18 Å². The van der Waals surface area contributed by atoms with E-state index in [0.717, 1.165) is 0 Å². The van der Waals surface area contributed by atoms with Crippen molar-refractivity contribution in [2.24, 2.45) is 0 Å². The maximum Gasteiger partial charge on any atom is 0.337 e. The van der Waals surface area contributed by atoms with Crippen molar-refractivity contribution in [3.63, 3.8) is 0 Å². The number of ether oxygens (including phenoxy) is 1. The van der Waals surface area contributed by atoms with E-state index in [0.29, 0.717) is 0 Å². The number of rotatable bonds is 3. The predicted octanol–water partition coefficient (Wildman–Crippen LogP) is 3.97. The zero-order valence-corrected chi connectivity index (χ0v) is 9.82. The Hall–Kier alpha value is -2.07. The van der Waals surface area contributed by atoms with Gasteiger partial charge in [-0.1, -0.05) is 23.7 Å². The van der Waals surface area contributed by atoms with Gasteiger partial charge in [-0.3, -0.25) is 0 Å². The quantitative estimate of drug-likeness (QED) is 0.914. The Morgan fingerprint density at radius 2 is 1.94 bits per heavy atom. The minimum atomic E-state index is -1.13. The molecule has 2 rings (SSSR count). The van der Waals surface area contributed by atoms with E-state index in [-0.39, 0.29) is 22.1 Å². The first-order valence-corrected chi connectivity index (χ1v) is 5.41. The van der Waals surface area contributed by atoms with Crippen LogP contribution < -0.4 is 4.74 Å². The number of para-hydroxylation sites is 1. The number of halogens is 2. The van der Waals surface area contributed by atoms with Crippen molar-refractivity contribution in [3.05, 3.63) is 58.9 Å². The highest BCUT2D eigenvalue weighted by Gasteiger charge is 2.10. The number of carbonyl (C=O) groups is 1. The molecule has 0 amide bonds. The van der Waals surface area contributed by atoms with Gasteiger partial charge in [0, 0.05) is 6.07 Å². The van der Waals surface area contributed by atoms with Crippen molar-refractivity contribution in [2.45, 2.75) is 0 Å². The molecule has 0 radical (unpaired) electrons. The van der Waals surface area contributed by atoms with Gasteiger partial charge in [-0.25, -0.2) is 9.18 Å². The molecule has 3 nitrogen and oxygen atoms in total. The maximum absolute atomic E-state index is 13.3. The van der Waals surface area contributed by atoms with E-state index in [1.54, 1.807) is 12.1 Å². The molecule has 0 heterocycles. The van der Waals surface area contributed by atoms with Crippen molar-refractivity contribution in [3.8, 4) is 11.5 Å². The Morgan fingerprint density at radius 1 is 1.22 bits per heavy atom. The lowest BCUT2D eigenvalue weighted by Gasteiger charge is -2.07. The molecule has 0 aliphatic heterocycles. The van der Waals surface area contributed by atoms with E-state index < -0.39 is 11.8 Å². The molecule has 0 aliphatic carbocycles. The third kappa shape index (κ3) is 2.60. The van der Waals surface area contributed by atoms with Crippen LogP contribution in [-0.2, 0) is 0 Å². The number of aromatic carboxylic acids is 1. The molecule has 0 unspecified atom stereocenters. The lowest BCUT2D eigenvalue weighted by atomic mass is 10.2. The van der Waals surface area contributed by atoms with Crippen LogP contribution in [0.3, 0.4) is 0 Å². The van der Waals surface area contributed by atoms with Crippen LogP contribution in [0.15, 0.2) is 42.5 Å². The minimum absolute atomic E-state index is 0.0300. The lowest BCUT2D eigenvalue weighted by molar-refractivity contribution is 0.0697. The molecule has 18 heavy (non-hydrogen) atoms. The van der Waals surface area contributed by atoms with E-state index in [4.69, 9.17) is 21.4 Å². The minimum Gasteiger partial charge on any atom is -0.478 e. The monoisotopic (exact) mass is 266 g/mol. The molecule has 2 aromatic carbocycles. The van der Waals surface area contributed by atoms with Gasteiger partial charge in [0.2, 0.25) is 0 Å². The van der Waals surface area contributed by atoms with E-state index in [1.807, 2.05) is 0 Å². The second kappa shape index (κ2) is 5.06. The van der Waals surface area contributed by atoms with Gasteiger partial charge in [0.1, 0.15) is 5.75 Å². The first kappa shape index (κ1) is 12.4. The smallest absolute Gasteiger partial charge is 0.337 e. The van der Waals surface area contributed by atoms with Crippen LogP contribution in [0.4, 0.5) is 4.39 Å². The van der Waals surface area contributed by atoms with Gasteiger partial charge >= 0.3 is 5.97 Å². The highest BCUT2D eigenvalue weighted by Crippen LogP contribution is 2.28. The molecule has 0 bridgehead atoms. The number of carboxylic acids is 1. The van der Waals surface area contributed by atoms with E-state index in [1.165, 1.54) is 30.3 Å². The van der Waals surface area contributed by atoms with Crippen LogP contribution in [-0.4, -0.2) is 11.1 Å². The van der Waals surface area contributed by atoms with Gasteiger partial charge in [0.15, 0.2) is 11.6 Å². The van der Waals surface area contributed by atoms with Crippen molar-refractivity contribution < 1.29 is 19.0 Å². The highest BCUT2D eigenvalue weighted by atomic mass is 35.5. The van der Waals surface area contributed by atoms with Gasteiger partial charge in [0.05, 0.1) is 10.6 Å². The van der Waals surface area contributed by atoms with Gasteiger partial charge in [-0.2, -0.15) is 0 Å².